The second-order valence-corrected chi connectivity index (χ2v) is 6.91. The van der Waals surface area contributed by atoms with E-state index in [1.54, 1.807) is 12.0 Å². The van der Waals surface area contributed by atoms with Crippen LogP contribution in [0.5, 0.6) is 5.75 Å². The fourth-order valence-electron chi connectivity index (χ4n) is 3.42. The third kappa shape index (κ3) is 3.30. The number of aromatic nitrogens is 2. The lowest BCUT2D eigenvalue weighted by molar-refractivity contribution is -0.117. The first-order valence-electron chi connectivity index (χ1n) is 8.91. The number of methoxy groups -OCH3 is 1. The highest BCUT2D eigenvalue weighted by molar-refractivity contribution is 5.97. The van der Waals surface area contributed by atoms with E-state index in [-0.39, 0.29) is 11.8 Å². The van der Waals surface area contributed by atoms with E-state index in [1.165, 1.54) is 0 Å². The van der Waals surface area contributed by atoms with Crippen molar-refractivity contribution in [3.8, 4) is 17.1 Å². The monoisotopic (exact) mass is 363 g/mol. The first-order valence-corrected chi connectivity index (χ1v) is 8.91. The number of nitrogens with zero attached hydrogens (tertiary/aromatic N) is 3. The molecule has 1 fully saturated rings. The summed E-state index contributed by atoms with van der Waals surface area (Å²) in [6, 6.07) is 13.8. The zero-order valence-corrected chi connectivity index (χ0v) is 15.6. The number of ether oxygens (including phenoxy) is 1. The van der Waals surface area contributed by atoms with E-state index in [9.17, 15) is 4.79 Å². The summed E-state index contributed by atoms with van der Waals surface area (Å²) in [5.41, 5.74) is 3.89. The van der Waals surface area contributed by atoms with Crippen LogP contribution in [-0.2, 0) is 4.79 Å². The van der Waals surface area contributed by atoms with Gasteiger partial charge in [0.25, 0.3) is 0 Å². The molecule has 0 spiro atoms. The topological polar surface area (TPSA) is 68.5 Å². The van der Waals surface area contributed by atoms with Gasteiger partial charge in [0, 0.05) is 18.5 Å². The molecule has 1 aliphatic rings. The average molecular weight is 363 g/mol. The Labute approximate surface area is 157 Å². The van der Waals surface area contributed by atoms with E-state index in [0.717, 1.165) is 22.4 Å². The third-order valence-corrected chi connectivity index (χ3v) is 4.82. The highest BCUT2D eigenvalue weighted by Crippen LogP contribution is 2.37. The minimum Gasteiger partial charge on any atom is -0.495 e. The number of hydrogen-bond acceptors (Lipinski definition) is 5. The van der Waals surface area contributed by atoms with Gasteiger partial charge in [-0.1, -0.05) is 35.0 Å². The van der Waals surface area contributed by atoms with E-state index >= 15 is 0 Å². The third-order valence-electron chi connectivity index (χ3n) is 4.82. The van der Waals surface area contributed by atoms with Gasteiger partial charge in [-0.25, -0.2) is 0 Å². The normalized spacial score (nSPS) is 16.8. The number of carbonyl (C=O) groups excluding carboxylic acids is 1. The maximum atomic E-state index is 12.6. The average Bonchev–Trinajstić information content (AvgIpc) is 3.28. The molecular weight excluding hydrogens is 342 g/mol. The summed E-state index contributed by atoms with van der Waals surface area (Å²) in [7, 11) is 1.61. The van der Waals surface area contributed by atoms with E-state index in [1.807, 2.05) is 56.3 Å². The van der Waals surface area contributed by atoms with Crippen molar-refractivity contribution in [2.45, 2.75) is 26.2 Å². The van der Waals surface area contributed by atoms with E-state index < -0.39 is 0 Å². The van der Waals surface area contributed by atoms with E-state index in [2.05, 4.69) is 10.1 Å². The van der Waals surface area contributed by atoms with Gasteiger partial charge in [0.1, 0.15) is 5.75 Å². The maximum Gasteiger partial charge on any atom is 0.232 e. The zero-order chi connectivity index (χ0) is 19.0. The van der Waals surface area contributed by atoms with Gasteiger partial charge < -0.3 is 14.2 Å². The van der Waals surface area contributed by atoms with Crippen molar-refractivity contribution in [2.75, 3.05) is 18.6 Å². The SMILES string of the molecule is COc1ccc(C)cc1N1CC(c2nc(-c3cccc(C)c3)no2)CC1=O. The molecule has 4 rings (SSSR count). The first-order chi connectivity index (χ1) is 13.0. The van der Waals surface area contributed by atoms with Crippen LogP contribution in [0.2, 0.25) is 0 Å². The Balaban J connectivity index is 1.59. The Kier molecular flexibility index (Phi) is 4.39. The van der Waals surface area contributed by atoms with Crippen molar-refractivity contribution < 1.29 is 14.1 Å². The molecule has 1 saturated heterocycles. The van der Waals surface area contributed by atoms with Gasteiger partial charge in [-0.2, -0.15) is 4.98 Å². The highest BCUT2D eigenvalue weighted by Gasteiger charge is 2.36. The van der Waals surface area contributed by atoms with Crippen molar-refractivity contribution in [1.29, 1.82) is 0 Å². The van der Waals surface area contributed by atoms with Gasteiger partial charge in [0.15, 0.2) is 0 Å². The summed E-state index contributed by atoms with van der Waals surface area (Å²) in [5.74, 6) is 1.62. The van der Waals surface area contributed by atoms with Gasteiger partial charge in [0.05, 0.1) is 18.7 Å². The molecule has 1 atom stereocenters. The fourth-order valence-corrected chi connectivity index (χ4v) is 3.42. The van der Waals surface area contributed by atoms with Crippen LogP contribution >= 0.6 is 0 Å². The predicted molar refractivity (Wildman–Crippen MR) is 102 cm³/mol. The molecule has 0 aliphatic carbocycles. The smallest absolute Gasteiger partial charge is 0.232 e. The molecule has 2 aromatic carbocycles. The quantitative estimate of drug-likeness (QED) is 0.703. The molecule has 0 bridgehead atoms. The summed E-state index contributed by atoms with van der Waals surface area (Å²) < 4.78 is 10.9. The molecule has 0 saturated carbocycles. The van der Waals surface area contributed by atoms with Crippen molar-refractivity contribution >= 4 is 11.6 Å². The number of anilines is 1. The molecule has 6 nitrogen and oxygen atoms in total. The van der Waals surface area contributed by atoms with Crippen LogP contribution in [0, 0.1) is 13.8 Å². The molecule has 0 N–H and O–H groups in total. The molecule has 2 heterocycles. The van der Waals surface area contributed by atoms with Crippen LogP contribution in [0.25, 0.3) is 11.4 Å². The maximum absolute atomic E-state index is 12.6. The van der Waals surface area contributed by atoms with Gasteiger partial charge in [0.2, 0.25) is 17.6 Å². The predicted octanol–water partition coefficient (Wildman–Crippen LogP) is 3.88. The Morgan fingerprint density at radius 3 is 2.74 bits per heavy atom. The lowest BCUT2D eigenvalue weighted by Crippen LogP contribution is -2.25. The Hall–Kier alpha value is -3.15. The minimum absolute atomic E-state index is 0.0270. The van der Waals surface area contributed by atoms with Crippen LogP contribution in [0.1, 0.15) is 29.4 Å². The summed E-state index contributed by atoms with van der Waals surface area (Å²) in [5, 5.41) is 4.10. The van der Waals surface area contributed by atoms with Crippen molar-refractivity contribution in [2.24, 2.45) is 0 Å². The number of hydrogen-bond donors (Lipinski definition) is 0. The van der Waals surface area contributed by atoms with Crippen LogP contribution in [0.3, 0.4) is 0 Å². The second-order valence-electron chi connectivity index (χ2n) is 6.91. The minimum atomic E-state index is -0.131. The fraction of sp³-hybridized carbons (Fsp3) is 0.286. The number of carbonyl (C=O) groups is 1. The van der Waals surface area contributed by atoms with Gasteiger partial charge in [-0.3, -0.25) is 4.79 Å². The molecule has 138 valence electrons. The molecule has 27 heavy (non-hydrogen) atoms. The Morgan fingerprint density at radius 2 is 1.96 bits per heavy atom. The molecule has 1 amide bonds. The highest BCUT2D eigenvalue weighted by atomic mass is 16.5. The summed E-state index contributed by atoms with van der Waals surface area (Å²) in [6.07, 6.45) is 0.340. The molecule has 3 aromatic rings. The van der Waals surface area contributed by atoms with Crippen LogP contribution in [-0.4, -0.2) is 29.7 Å². The molecule has 1 aliphatic heterocycles. The lowest BCUT2D eigenvalue weighted by atomic mass is 10.1. The van der Waals surface area contributed by atoms with Crippen molar-refractivity contribution in [1.82, 2.24) is 10.1 Å². The number of amides is 1. The molecule has 1 aromatic heterocycles. The van der Waals surface area contributed by atoms with Crippen LogP contribution in [0.15, 0.2) is 47.0 Å². The van der Waals surface area contributed by atoms with Crippen LogP contribution in [0.4, 0.5) is 5.69 Å². The Bertz CT molecular complexity index is 996. The van der Waals surface area contributed by atoms with Gasteiger partial charge in [-0.05, 0) is 37.6 Å². The van der Waals surface area contributed by atoms with E-state index in [4.69, 9.17) is 9.26 Å². The first kappa shape index (κ1) is 17.3. The summed E-state index contributed by atoms with van der Waals surface area (Å²) >= 11 is 0. The van der Waals surface area contributed by atoms with Crippen molar-refractivity contribution in [3.05, 3.63) is 59.5 Å². The standard InChI is InChI=1S/C21H21N3O3/c1-13-5-4-6-15(9-13)20-22-21(27-23-20)16-11-19(25)24(12-16)17-10-14(2)7-8-18(17)26-3/h4-10,16H,11-12H2,1-3H3. The van der Waals surface area contributed by atoms with E-state index in [0.29, 0.717) is 30.4 Å². The molecule has 6 heteroatoms. The Morgan fingerprint density at radius 1 is 1.15 bits per heavy atom. The second kappa shape index (κ2) is 6.87. The summed E-state index contributed by atoms with van der Waals surface area (Å²) in [6.45, 7) is 4.51. The number of aryl methyl sites for hydroxylation is 2. The van der Waals surface area contributed by atoms with Gasteiger partial charge in [-0.15, -0.1) is 0 Å². The number of rotatable bonds is 4. The molecule has 0 radical (unpaired) electrons. The van der Waals surface area contributed by atoms with Crippen LogP contribution < -0.4 is 9.64 Å². The largest absolute Gasteiger partial charge is 0.495 e. The van der Waals surface area contributed by atoms with Crippen molar-refractivity contribution in [3.63, 3.8) is 0 Å². The summed E-state index contributed by atoms with van der Waals surface area (Å²) in [4.78, 5) is 18.9. The van der Waals surface area contributed by atoms with Gasteiger partial charge >= 0.3 is 0 Å². The lowest BCUT2D eigenvalue weighted by Gasteiger charge is -2.19. The number of benzene rings is 2. The molecule has 1 unspecified atom stereocenters. The zero-order valence-electron chi connectivity index (χ0n) is 15.6. The molecular formula is C21H21N3O3.